The van der Waals surface area contributed by atoms with Crippen LogP contribution in [0.15, 0.2) is 0 Å². The summed E-state index contributed by atoms with van der Waals surface area (Å²) in [6.07, 6.45) is -3.79. The second kappa shape index (κ2) is 6.95. The lowest BCUT2D eigenvalue weighted by molar-refractivity contribution is -0.136. The summed E-state index contributed by atoms with van der Waals surface area (Å²) in [6, 6.07) is 2.20. The lowest BCUT2D eigenvalue weighted by Gasteiger charge is -2.36. The van der Waals surface area contributed by atoms with E-state index < -0.39 is 12.6 Å². The van der Waals surface area contributed by atoms with E-state index >= 15 is 0 Å². The van der Waals surface area contributed by atoms with Crippen LogP contribution in [0, 0.1) is 11.3 Å². The molecule has 104 valence electrons. The normalized spacial score (nSPS) is 20.6. The fourth-order valence-corrected chi connectivity index (χ4v) is 2.23. The number of rotatable bonds is 5. The van der Waals surface area contributed by atoms with Crippen LogP contribution in [0.25, 0.3) is 0 Å². The van der Waals surface area contributed by atoms with Gasteiger partial charge < -0.3 is 4.90 Å². The quantitative estimate of drug-likeness (QED) is 0.762. The van der Waals surface area contributed by atoms with Gasteiger partial charge in [-0.05, 0) is 19.4 Å². The Bertz CT molecular complexity index is 277. The maximum absolute atomic E-state index is 12.0. The highest BCUT2D eigenvalue weighted by molar-refractivity contribution is 4.92. The summed E-state index contributed by atoms with van der Waals surface area (Å²) < 4.78 is 36.0. The van der Waals surface area contributed by atoms with Gasteiger partial charge in [-0.2, -0.15) is 18.4 Å². The zero-order valence-corrected chi connectivity index (χ0v) is 10.7. The standard InChI is InChI=1S/C12H20F3N3/c1-2-11(10-16)18-8-6-17(7-9-18)5-3-4-12(13,14)15/h11H,2-9H2,1H3. The van der Waals surface area contributed by atoms with E-state index in [-0.39, 0.29) is 12.5 Å². The van der Waals surface area contributed by atoms with E-state index in [1.165, 1.54) is 0 Å². The first-order chi connectivity index (χ1) is 8.46. The fourth-order valence-electron chi connectivity index (χ4n) is 2.23. The molecule has 1 unspecified atom stereocenters. The Kier molecular flexibility index (Phi) is 5.89. The largest absolute Gasteiger partial charge is 0.389 e. The van der Waals surface area contributed by atoms with E-state index in [2.05, 4.69) is 11.0 Å². The van der Waals surface area contributed by atoms with Crippen molar-refractivity contribution in [3.63, 3.8) is 0 Å². The van der Waals surface area contributed by atoms with Gasteiger partial charge in [0.1, 0.15) is 0 Å². The van der Waals surface area contributed by atoms with Crippen LogP contribution in [0.5, 0.6) is 0 Å². The van der Waals surface area contributed by atoms with Crippen LogP contribution in [-0.4, -0.2) is 54.7 Å². The van der Waals surface area contributed by atoms with Gasteiger partial charge in [-0.25, -0.2) is 0 Å². The molecule has 0 aromatic heterocycles. The van der Waals surface area contributed by atoms with Crippen molar-refractivity contribution in [3.05, 3.63) is 0 Å². The molecule has 0 amide bonds. The molecule has 0 radical (unpaired) electrons. The average Bonchev–Trinajstić information content (AvgIpc) is 2.31. The predicted molar refractivity (Wildman–Crippen MR) is 63.0 cm³/mol. The summed E-state index contributed by atoms with van der Waals surface area (Å²) in [5, 5.41) is 8.94. The van der Waals surface area contributed by atoms with E-state index in [9.17, 15) is 13.2 Å². The summed E-state index contributed by atoms with van der Waals surface area (Å²) in [4.78, 5) is 4.16. The highest BCUT2D eigenvalue weighted by atomic mass is 19.4. The van der Waals surface area contributed by atoms with Gasteiger partial charge in [0.2, 0.25) is 0 Å². The molecule has 0 spiro atoms. The number of hydrogen-bond acceptors (Lipinski definition) is 3. The topological polar surface area (TPSA) is 30.3 Å². The van der Waals surface area contributed by atoms with Crippen LogP contribution in [0.1, 0.15) is 26.2 Å². The van der Waals surface area contributed by atoms with E-state index in [0.717, 1.165) is 32.6 Å². The van der Waals surface area contributed by atoms with Crippen molar-refractivity contribution in [1.82, 2.24) is 9.80 Å². The average molecular weight is 263 g/mol. The van der Waals surface area contributed by atoms with Crippen LogP contribution in [0.4, 0.5) is 13.2 Å². The second-order valence-electron chi connectivity index (χ2n) is 4.65. The molecule has 3 nitrogen and oxygen atoms in total. The van der Waals surface area contributed by atoms with Crippen LogP contribution in [-0.2, 0) is 0 Å². The minimum atomic E-state index is -4.05. The van der Waals surface area contributed by atoms with Crippen molar-refractivity contribution in [3.8, 4) is 6.07 Å². The van der Waals surface area contributed by atoms with Crippen molar-refractivity contribution in [1.29, 1.82) is 5.26 Å². The Morgan fingerprint density at radius 1 is 1.22 bits per heavy atom. The van der Waals surface area contributed by atoms with Crippen LogP contribution < -0.4 is 0 Å². The molecule has 1 fully saturated rings. The molecule has 0 aromatic carbocycles. The molecule has 0 saturated carbocycles. The van der Waals surface area contributed by atoms with Crippen molar-refractivity contribution in [2.24, 2.45) is 0 Å². The van der Waals surface area contributed by atoms with Crippen molar-refractivity contribution in [2.45, 2.75) is 38.4 Å². The third kappa shape index (κ3) is 5.23. The highest BCUT2D eigenvalue weighted by Gasteiger charge is 2.27. The van der Waals surface area contributed by atoms with Crippen molar-refractivity contribution in [2.75, 3.05) is 32.7 Å². The number of piperazine rings is 1. The Hall–Kier alpha value is -0.800. The first kappa shape index (κ1) is 15.3. The predicted octanol–water partition coefficient (Wildman–Crippen LogP) is 2.25. The number of halogens is 3. The monoisotopic (exact) mass is 263 g/mol. The number of hydrogen-bond donors (Lipinski definition) is 0. The molecule has 1 aliphatic heterocycles. The van der Waals surface area contributed by atoms with Gasteiger partial charge in [-0.15, -0.1) is 0 Å². The molecule has 1 saturated heterocycles. The molecule has 0 aliphatic carbocycles. The minimum Gasteiger partial charge on any atom is -0.301 e. The molecular formula is C12H20F3N3. The fraction of sp³-hybridized carbons (Fsp3) is 0.917. The third-order valence-electron chi connectivity index (χ3n) is 3.32. The molecule has 0 N–H and O–H groups in total. The summed E-state index contributed by atoms with van der Waals surface area (Å²) >= 11 is 0. The first-order valence-corrected chi connectivity index (χ1v) is 6.39. The Labute approximate surface area is 106 Å². The van der Waals surface area contributed by atoms with Gasteiger partial charge in [0.05, 0.1) is 12.1 Å². The minimum absolute atomic E-state index is 0.0534. The number of alkyl halides is 3. The van der Waals surface area contributed by atoms with Crippen LogP contribution >= 0.6 is 0 Å². The molecule has 1 aliphatic rings. The third-order valence-corrected chi connectivity index (χ3v) is 3.32. The maximum Gasteiger partial charge on any atom is 0.389 e. The Morgan fingerprint density at radius 2 is 1.83 bits per heavy atom. The second-order valence-corrected chi connectivity index (χ2v) is 4.65. The Morgan fingerprint density at radius 3 is 2.28 bits per heavy atom. The van der Waals surface area contributed by atoms with Gasteiger partial charge in [0.25, 0.3) is 0 Å². The van der Waals surface area contributed by atoms with E-state index in [1.54, 1.807) is 0 Å². The molecule has 0 aromatic rings. The SMILES string of the molecule is CCC(C#N)N1CCN(CCCC(F)(F)F)CC1. The molecular weight excluding hydrogens is 243 g/mol. The number of nitrogens with zero attached hydrogens (tertiary/aromatic N) is 3. The highest BCUT2D eigenvalue weighted by Crippen LogP contribution is 2.21. The van der Waals surface area contributed by atoms with Crippen molar-refractivity contribution < 1.29 is 13.2 Å². The van der Waals surface area contributed by atoms with Gasteiger partial charge in [-0.1, -0.05) is 6.92 Å². The van der Waals surface area contributed by atoms with E-state index in [4.69, 9.17) is 5.26 Å². The van der Waals surface area contributed by atoms with E-state index in [1.807, 2.05) is 11.8 Å². The van der Waals surface area contributed by atoms with E-state index in [0.29, 0.717) is 6.54 Å². The molecule has 0 bridgehead atoms. The van der Waals surface area contributed by atoms with Crippen molar-refractivity contribution >= 4 is 0 Å². The Balaban J connectivity index is 2.22. The molecule has 1 heterocycles. The van der Waals surface area contributed by atoms with Gasteiger partial charge in [-0.3, -0.25) is 4.90 Å². The first-order valence-electron chi connectivity index (χ1n) is 6.39. The van der Waals surface area contributed by atoms with Crippen LogP contribution in [0.2, 0.25) is 0 Å². The maximum atomic E-state index is 12.0. The lowest BCUT2D eigenvalue weighted by atomic mass is 10.1. The summed E-state index contributed by atoms with van der Waals surface area (Å²) in [5.74, 6) is 0. The zero-order valence-electron chi connectivity index (χ0n) is 10.7. The molecule has 18 heavy (non-hydrogen) atoms. The molecule has 6 heteroatoms. The lowest BCUT2D eigenvalue weighted by Crippen LogP contribution is -2.50. The molecule has 1 atom stereocenters. The summed E-state index contributed by atoms with van der Waals surface area (Å²) in [7, 11) is 0. The summed E-state index contributed by atoms with van der Waals surface area (Å²) in [6.45, 7) is 5.54. The van der Waals surface area contributed by atoms with Gasteiger partial charge >= 0.3 is 6.18 Å². The van der Waals surface area contributed by atoms with Gasteiger partial charge in [0.15, 0.2) is 0 Å². The van der Waals surface area contributed by atoms with Gasteiger partial charge in [0, 0.05) is 32.6 Å². The van der Waals surface area contributed by atoms with Crippen LogP contribution in [0.3, 0.4) is 0 Å². The zero-order chi connectivity index (χ0) is 13.6. The summed E-state index contributed by atoms with van der Waals surface area (Å²) in [5.41, 5.74) is 0. The smallest absolute Gasteiger partial charge is 0.301 e. The molecule has 1 rings (SSSR count). The number of nitriles is 1.